The highest BCUT2D eigenvalue weighted by Gasteiger charge is 2.31. The van der Waals surface area contributed by atoms with Gasteiger partial charge in [-0.05, 0) is 51.1 Å². The van der Waals surface area contributed by atoms with Crippen LogP contribution >= 0.6 is 0 Å². The second-order valence-electron chi connectivity index (χ2n) is 3.89. The maximum atomic E-state index is 13.1. The van der Waals surface area contributed by atoms with Gasteiger partial charge in [0.05, 0.1) is 5.54 Å². The van der Waals surface area contributed by atoms with Crippen molar-refractivity contribution >= 4 is 5.78 Å². The standard InChI is InChI=1S/C12H16FNO/c1-8-5-6-10(13)7-11(8)12(3,14-4)9(2)15/h5-7,14H,1-4H3. The van der Waals surface area contributed by atoms with Crippen molar-refractivity contribution in [2.75, 3.05) is 7.05 Å². The Hall–Kier alpha value is -1.22. The Morgan fingerprint density at radius 1 is 1.47 bits per heavy atom. The summed E-state index contributed by atoms with van der Waals surface area (Å²) >= 11 is 0. The summed E-state index contributed by atoms with van der Waals surface area (Å²) in [6, 6.07) is 4.49. The number of likely N-dealkylation sites (N-methyl/N-ethyl adjacent to an activating group) is 1. The van der Waals surface area contributed by atoms with Gasteiger partial charge < -0.3 is 5.32 Å². The molecule has 1 aromatic rings. The fraction of sp³-hybridized carbons (Fsp3) is 0.417. The third-order valence-electron chi connectivity index (χ3n) is 2.94. The van der Waals surface area contributed by atoms with E-state index in [4.69, 9.17) is 0 Å². The molecule has 0 aliphatic heterocycles. The monoisotopic (exact) mass is 209 g/mol. The number of ketones is 1. The molecular weight excluding hydrogens is 193 g/mol. The summed E-state index contributed by atoms with van der Waals surface area (Å²) in [5.74, 6) is -0.350. The van der Waals surface area contributed by atoms with Crippen LogP contribution in [0, 0.1) is 12.7 Å². The van der Waals surface area contributed by atoms with Crippen LogP contribution in [0.2, 0.25) is 0 Å². The van der Waals surface area contributed by atoms with Crippen molar-refractivity contribution in [3.8, 4) is 0 Å². The van der Waals surface area contributed by atoms with Crippen molar-refractivity contribution in [2.45, 2.75) is 26.3 Å². The van der Waals surface area contributed by atoms with Gasteiger partial charge >= 0.3 is 0 Å². The van der Waals surface area contributed by atoms with Crippen molar-refractivity contribution in [3.63, 3.8) is 0 Å². The number of benzene rings is 1. The lowest BCUT2D eigenvalue weighted by molar-refractivity contribution is -0.122. The second kappa shape index (κ2) is 4.11. The van der Waals surface area contributed by atoms with Crippen LogP contribution < -0.4 is 5.32 Å². The highest BCUT2D eigenvalue weighted by molar-refractivity contribution is 5.87. The van der Waals surface area contributed by atoms with Crippen LogP contribution in [0.15, 0.2) is 18.2 Å². The molecule has 82 valence electrons. The Bertz CT molecular complexity index is 389. The van der Waals surface area contributed by atoms with Crippen molar-refractivity contribution in [3.05, 3.63) is 35.1 Å². The van der Waals surface area contributed by atoms with Crippen molar-refractivity contribution in [2.24, 2.45) is 0 Å². The maximum Gasteiger partial charge on any atom is 0.154 e. The van der Waals surface area contributed by atoms with Crippen molar-refractivity contribution < 1.29 is 9.18 Å². The van der Waals surface area contributed by atoms with E-state index in [0.717, 1.165) is 5.56 Å². The predicted octanol–water partition coefficient (Wildman–Crippen LogP) is 2.16. The van der Waals surface area contributed by atoms with Crippen LogP contribution in [0.25, 0.3) is 0 Å². The van der Waals surface area contributed by atoms with Crippen LogP contribution in [-0.4, -0.2) is 12.8 Å². The number of carbonyl (C=O) groups is 1. The molecule has 0 heterocycles. The average molecular weight is 209 g/mol. The summed E-state index contributed by atoms with van der Waals surface area (Å²) < 4.78 is 13.1. The Balaban J connectivity index is 3.35. The SMILES string of the molecule is CNC(C)(C(C)=O)c1cc(F)ccc1C. The first-order valence-corrected chi connectivity index (χ1v) is 4.88. The molecule has 1 N–H and O–H groups in total. The zero-order valence-electron chi connectivity index (χ0n) is 9.52. The minimum atomic E-state index is -0.813. The third kappa shape index (κ3) is 2.07. The number of nitrogens with one attached hydrogen (secondary N) is 1. The topological polar surface area (TPSA) is 29.1 Å². The number of aryl methyl sites for hydroxylation is 1. The summed E-state index contributed by atoms with van der Waals surface area (Å²) in [6.07, 6.45) is 0. The van der Waals surface area contributed by atoms with Crippen LogP contribution in [0.1, 0.15) is 25.0 Å². The number of rotatable bonds is 3. The van der Waals surface area contributed by atoms with Crippen molar-refractivity contribution in [1.82, 2.24) is 5.32 Å². The molecule has 0 bridgehead atoms. The number of Topliss-reactive ketones (excluding diaryl/α,β-unsaturated/α-hetero) is 1. The molecule has 0 spiro atoms. The first-order chi connectivity index (χ1) is 6.91. The minimum Gasteiger partial charge on any atom is -0.305 e. The lowest BCUT2D eigenvalue weighted by Gasteiger charge is -2.28. The highest BCUT2D eigenvalue weighted by atomic mass is 19.1. The molecule has 3 heteroatoms. The molecule has 1 rings (SSSR count). The maximum absolute atomic E-state index is 13.1. The molecule has 0 fully saturated rings. The van der Waals surface area contributed by atoms with Gasteiger partial charge in [0.25, 0.3) is 0 Å². The lowest BCUT2D eigenvalue weighted by atomic mass is 9.85. The van der Waals surface area contributed by atoms with Crippen LogP contribution in [0.4, 0.5) is 4.39 Å². The van der Waals surface area contributed by atoms with E-state index in [1.54, 1.807) is 20.0 Å². The van der Waals surface area contributed by atoms with Gasteiger partial charge in [-0.1, -0.05) is 6.07 Å². The lowest BCUT2D eigenvalue weighted by Crippen LogP contribution is -2.43. The second-order valence-corrected chi connectivity index (χ2v) is 3.89. The van der Waals surface area contributed by atoms with Gasteiger partial charge in [0.1, 0.15) is 5.82 Å². The number of hydrogen-bond acceptors (Lipinski definition) is 2. The number of halogens is 1. The molecule has 1 aromatic carbocycles. The fourth-order valence-corrected chi connectivity index (χ4v) is 1.63. The largest absolute Gasteiger partial charge is 0.305 e. The molecule has 0 saturated carbocycles. The molecule has 1 unspecified atom stereocenters. The van der Waals surface area contributed by atoms with E-state index in [1.807, 2.05) is 6.92 Å². The minimum absolute atomic E-state index is 0.0290. The highest BCUT2D eigenvalue weighted by Crippen LogP contribution is 2.25. The van der Waals surface area contributed by atoms with Gasteiger partial charge in [-0.15, -0.1) is 0 Å². The smallest absolute Gasteiger partial charge is 0.154 e. The molecule has 15 heavy (non-hydrogen) atoms. The summed E-state index contributed by atoms with van der Waals surface area (Å²) in [7, 11) is 1.70. The molecule has 0 saturated heterocycles. The first kappa shape index (κ1) is 11.9. The van der Waals surface area contributed by atoms with E-state index in [-0.39, 0.29) is 11.6 Å². The van der Waals surface area contributed by atoms with Gasteiger partial charge in [-0.2, -0.15) is 0 Å². The van der Waals surface area contributed by atoms with E-state index in [2.05, 4.69) is 5.32 Å². The third-order valence-corrected chi connectivity index (χ3v) is 2.94. The normalized spacial score (nSPS) is 14.7. The Kier molecular flexibility index (Phi) is 3.25. The predicted molar refractivity (Wildman–Crippen MR) is 58.2 cm³/mol. The van der Waals surface area contributed by atoms with Crippen molar-refractivity contribution in [1.29, 1.82) is 0 Å². The number of hydrogen-bond donors (Lipinski definition) is 1. The van der Waals surface area contributed by atoms with Crippen LogP contribution in [-0.2, 0) is 10.3 Å². The first-order valence-electron chi connectivity index (χ1n) is 4.88. The summed E-state index contributed by atoms with van der Waals surface area (Å²) in [5.41, 5.74) is 0.785. The van der Waals surface area contributed by atoms with Crippen LogP contribution in [0.3, 0.4) is 0 Å². The Morgan fingerprint density at radius 2 is 2.07 bits per heavy atom. The van der Waals surface area contributed by atoms with Gasteiger partial charge in [-0.3, -0.25) is 4.79 Å². The van der Waals surface area contributed by atoms with Crippen LogP contribution in [0.5, 0.6) is 0 Å². The Morgan fingerprint density at radius 3 is 2.53 bits per heavy atom. The van der Waals surface area contributed by atoms with E-state index in [0.29, 0.717) is 5.56 Å². The summed E-state index contributed by atoms with van der Waals surface area (Å²) in [6.45, 7) is 5.13. The van der Waals surface area contributed by atoms with E-state index >= 15 is 0 Å². The molecule has 0 radical (unpaired) electrons. The molecule has 1 atom stereocenters. The molecule has 2 nitrogen and oxygen atoms in total. The van der Waals surface area contributed by atoms with Gasteiger partial charge in [-0.25, -0.2) is 4.39 Å². The van der Waals surface area contributed by atoms with Gasteiger partial charge in [0, 0.05) is 0 Å². The fourth-order valence-electron chi connectivity index (χ4n) is 1.63. The molecule has 0 aliphatic rings. The zero-order chi connectivity index (χ0) is 11.6. The Labute approximate surface area is 89.5 Å². The number of carbonyl (C=O) groups excluding carboxylic acids is 1. The van der Waals surface area contributed by atoms with E-state index in [1.165, 1.54) is 19.1 Å². The summed E-state index contributed by atoms with van der Waals surface area (Å²) in [4.78, 5) is 11.6. The average Bonchev–Trinajstić information content (AvgIpc) is 2.20. The van der Waals surface area contributed by atoms with Gasteiger partial charge in [0.2, 0.25) is 0 Å². The molecule has 0 amide bonds. The summed E-state index contributed by atoms with van der Waals surface area (Å²) in [5, 5.41) is 2.95. The molecule has 0 aliphatic carbocycles. The molecular formula is C12H16FNO. The van der Waals surface area contributed by atoms with Gasteiger partial charge in [0.15, 0.2) is 5.78 Å². The van der Waals surface area contributed by atoms with E-state index < -0.39 is 5.54 Å². The van der Waals surface area contributed by atoms with E-state index in [9.17, 15) is 9.18 Å². The molecule has 0 aromatic heterocycles. The zero-order valence-corrected chi connectivity index (χ0v) is 9.52. The quantitative estimate of drug-likeness (QED) is 0.826.